The van der Waals surface area contributed by atoms with Gasteiger partial charge in [0.05, 0.1) is 0 Å². The summed E-state index contributed by atoms with van der Waals surface area (Å²) in [4.78, 5) is 1.38. The van der Waals surface area contributed by atoms with Crippen molar-refractivity contribution in [3.05, 3.63) is 60.2 Å². The smallest absolute Gasteiger partial charge is 0.0395 e. The van der Waals surface area contributed by atoms with E-state index < -0.39 is 0 Å². The normalized spacial score (nSPS) is 10.9. The quantitative estimate of drug-likeness (QED) is 0.551. The number of benzene rings is 2. The van der Waals surface area contributed by atoms with Gasteiger partial charge in [-0.25, -0.2) is 0 Å². The summed E-state index contributed by atoms with van der Waals surface area (Å²) in [6.45, 7) is 0. The van der Waals surface area contributed by atoms with Crippen molar-refractivity contribution in [3.8, 4) is 10.4 Å². The second kappa shape index (κ2) is 4.63. The largest absolute Gasteiger partial charge is 0.135 e. The van der Waals surface area contributed by atoms with E-state index in [-0.39, 0.29) is 0 Å². The summed E-state index contributed by atoms with van der Waals surface area (Å²) in [6, 6.07) is 19.2. The van der Waals surface area contributed by atoms with Gasteiger partial charge in [-0.15, -0.1) is 11.3 Å². The monoisotopic (exact) mass is 302 g/mol. The number of alkyl halides is 1. The Hall–Kier alpha value is -1.12. The molecule has 2 aromatic carbocycles. The number of thiophene rings is 1. The second-order valence-electron chi connectivity index (χ2n) is 3.91. The van der Waals surface area contributed by atoms with Gasteiger partial charge in [-0.05, 0) is 22.6 Å². The van der Waals surface area contributed by atoms with Crippen LogP contribution in [0, 0.1) is 0 Å². The molecule has 0 aliphatic heterocycles. The van der Waals surface area contributed by atoms with Gasteiger partial charge in [0.25, 0.3) is 0 Å². The predicted octanol–water partition coefficient (Wildman–Crippen LogP) is 5.46. The van der Waals surface area contributed by atoms with Gasteiger partial charge in [0.2, 0.25) is 0 Å². The maximum Gasteiger partial charge on any atom is 0.0395 e. The molecule has 0 amide bonds. The first-order valence-corrected chi connectivity index (χ1v) is 7.46. The minimum Gasteiger partial charge on any atom is -0.135 e. The van der Waals surface area contributed by atoms with E-state index >= 15 is 0 Å². The van der Waals surface area contributed by atoms with Crippen molar-refractivity contribution < 1.29 is 0 Å². The van der Waals surface area contributed by atoms with E-state index in [4.69, 9.17) is 0 Å². The lowest BCUT2D eigenvalue weighted by Gasteiger charge is -2.00. The average molecular weight is 303 g/mol. The topological polar surface area (TPSA) is 0 Å². The first-order valence-electron chi connectivity index (χ1n) is 5.52. The molecule has 1 heterocycles. The van der Waals surface area contributed by atoms with Crippen molar-refractivity contribution >= 4 is 37.4 Å². The number of fused-ring (bicyclic) bond motifs is 1. The number of rotatable bonds is 2. The van der Waals surface area contributed by atoms with Gasteiger partial charge in [-0.3, -0.25) is 0 Å². The van der Waals surface area contributed by atoms with Gasteiger partial charge in [0.1, 0.15) is 0 Å². The van der Waals surface area contributed by atoms with Gasteiger partial charge in [-0.2, -0.15) is 0 Å². The molecule has 2 heteroatoms. The van der Waals surface area contributed by atoms with E-state index in [0.29, 0.717) is 0 Å². The summed E-state index contributed by atoms with van der Waals surface area (Å²) < 4.78 is 1.36. The first-order chi connectivity index (χ1) is 8.40. The highest BCUT2D eigenvalue weighted by molar-refractivity contribution is 9.08. The van der Waals surface area contributed by atoms with Crippen LogP contribution in [0.2, 0.25) is 0 Å². The molecule has 0 bridgehead atoms. The summed E-state index contributed by atoms with van der Waals surface area (Å²) in [5.41, 5.74) is 2.71. The third kappa shape index (κ3) is 1.92. The summed E-state index contributed by atoms with van der Waals surface area (Å²) in [5, 5.41) is 2.27. The highest BCUT2D eigenvalue weighted by Gasteiger charge is 2.11. The number of halogens is 1. The van der Waals surface area contributed by atoms with Gasteiger partial charge < -0.3 is 0 Å². The Morgan fingerprint density at radius 2 is 1.59 bits per heavy atom. The molecule has 17 heavy (non-hydrogen) atoms. The fraction of sp³-hybridized carbons (Fsp3) is 0.0667. The van der Waals surface area contributed by atoms with Crippen LogP contribution < -0.4 is 0 Å². The van der Waals surface area contributed by atoms with E-state index in [1.54, 1.807) is 0 Å². The summed E-state index contributed by atoms with van der Waals surface area (Å²) in [7, 11) is 0. The minimum absolute atomic E-state index is 0.904. The zero-order chi connectivity index (χ0) is 11.7. The fourth-order valence-electron chi connectivity index (χ4n) is 2.05. The van der Waals surface area contributed by atoms with Crippen molar-refractivity contribution in [1.82, 2.24) is 0 Å². The molecule has 84 valence electrons. The number of hydrogen-bond acceptors (Lipinski definition) is 1. The Bertz CT molecular complexity index is 640. The lowest BCUT2D eigenvalue weighted by atomic mass is 10.1. The van der Waals surface area contributed by atoms with Crippen molar-refractivity contribution in [2.75, 3.05) is 0 Å². The van der Waals surface area contributed by atoms with Gasteiger partial charge in [0.15, 0.2) is 0 Å². The molecule has 0 nitrogen and oxygen atoms in total. The fourth-order valence-corrected chi connectivity index (χ4v) is 4.05. The zero-order valence-corrected chi connectivity index (χ0v) is 11.6. The third-order valence-corrected chi connectivity index (χ3v) is 4.69. The van der Waals surface area contributed by atoms with Crippen LogP contribution in [-0.4, -0.2) is 0 Å². The molecule has 0 aliphatic carbocycles. The summed E-state index contributed by atoms with van der Waals surface area (Å²) >= 11 is 5.48. The van der Waals surface area contributed by atoms with Gasteiger partial charge in [-0.1, -0.05) is 64.5 Å². The molecule has 0 spiro atoms. The third-order valence-electron chi connectivity index (χ3n) is 2.87. The van der Waals surface area contributed by atoms with Crippen LogP contribution in [0.15, 0.2) is 54.6 Å². The zero-order valence-electron chi connectivity index (χ0n) is 9.19. The van der Waals surface area contributed by atoms with E-state index in [1.165, 1.54) is 26.1 Å². The van der Waals surface area contributed by atoms with Crippen LogP contribution >= 0.6 is 27.3 Å². The summed E-state index contributed by atoms with van der Waals surface area (Å²) in [5.74, 6) is 0. The molecule has 0 N–H and O–H groups in total. The molecule has 0 aliphatic rings. The Labute approximate surface area is 113 Å². The van der Waals surface area contributed by atoms with Crippen LogP contribution in [0.25, 0.3) is 20.5 Å². The maximum atomic E-state index is 3.61. The Balaban J connectivity index is 2.30. The van der Waals surface area contributed by atoms with E-state index in [1.807, 2.05) is 11.3 Å². The van der Waals surface area contributed by atoms with Crippen LogP contribution in [-0.2, 0) is 5.33 Å². The molecule has 3 rings (SSSR count). The first kappa shape index (κ1) is 11.0. The van der Waals surface area contributed by atoms with Gasteiger partial charge in [0, 0.05) is 14.9 Å². The van der Waals surface area contributed by atoms with Crippen LogP contribution in [0.3, 0.4) is 0 Å². The van der Waals surface area contributed by atoms with Crippen molar-refractivity contribution in [2.24, 2.45) is 0 Å². The Morgan fingerprint density at radius 3 is 2.35 bits per heavy atom. The summed E-state index contributed by atoms with van der Waals surface area (Å²) in [6.07, 6.45) is 0. The van der Waals surface area contributed by atoms with Crippen LogP contribution in [0.4, 0.5) is 0 Å². The lowest BCUT2D eigenvalue weighted by Crippen LogP contribution is -1.79. The number of hydrogen-bond donors (Lipinski definition) is 0. The van der Waals surface area contributed by atoms with E-state index in [0.717, 1.165) is 5.33 Å². The molecular weight excluding hydrogens is 292 g/mol. The predicted molar refractivity (Wildman–Crippen MR) is 79.9 cm³/mol. The lowest BCUT2D eigenvalue weighted by molar-refractivity contribution is 1.53. The minimum atomic E-state index is 0.904. The molecule has 3 aromatic rings. The van der Waals surface area contributed by atoms with E-state index in [2.05, 4.69) is 70.5 Å². The van der Waals surface area contributed by atoms with Crippen molar-refractivity contribution in [3.63, 3.8) is 0 Å². The average Bonchev–Trinajstić information content (AvgIpc) is 2.78. The van der Waals surface area contributed by atoms with Crippen molar-refractivity contribution in [1.29, 1.82) is 0 Å². The molecule has 1 aromatic heterocycles. The molecule has 0 unspecified atom stereocenters. The molecule has 0 fully saturated rings. The molecule has 0 atom stereocenters. The molecule has 0 saturated heterocycles. The second-order valence-corrected chi connectivity index (χ2v) is 5.52. The molecular formula is C15H11BrS. The highest BCUT2D eigenvalue weighted by Crippen LogP contribution is 2.39. The van der Waals surface area contributed by atoms with Crippen LogP contribution in [0.5, 0.6) is 0 Å². The van der Waals surface area contributed by atoms with E-state index in [9.17, 15) is 0 Å². The Kier molecular flexibility index (Phi) is 3.00. The molecule has 0 saturated carbocycles. The molecule has 0 radical (unpaired) electrons. The van der Waals surface area contributed by atoms with Crippen molar-refractivity contribution in [2.45, 2.75) is 5.33 Å². The van der Waals surface area contributed by atoms with Gasteiger partial charge >= 0.3 is 0 Å². The maximum absolute atomic E-state index is 3.61. The Morgan fingerprint density at radius 1 is 0.882 bits per heavy atom. The highest BCUT2D eigenvalue weighted by atomic mass is 79.9. The SMILES string of the molecule is BrCc1c(-c2ccccc2)sc2ccccc12. The van der Waals surface area contributed by atoms with Crippen LogP contribution in [0.1, 0.15) is 5.56 Å². The standard InChI is InChI=1S/C15H11BrS/c16-10-13-12-8-4-5-9-14(12)17-15(13)11-6-2-1-3-7-11/h1-9H,10H2.